The van der Waals surface area contributed by atoms with Crippen LogP contribution in [0.5, 0.6) is 0 Å². The molecule has 0 aromatic carbocycles. The highest BCUT2D eigenvalue weighted by Crippen LogP contribution is 2.33. The molecule has 0 spiro atoms. The van der Waals surface area contributed by atoms with E-state index < -0.39 is 0 Å². The molecule has 2 aliphatic carbocycles. The minimum Gasteiger partial charge on any atom is -0.382 e. The van der Waals surface area contributed by atoms with Crippen LogP contribution in [0.3, 0.4) is 0 Å². The Bertz CT molecular complexity index is 1150. The Hall–Kier alpha value is -3.22. The summed E-state index contributed by atoms with van der Waals surface area (Å²) >= 11 is 0. The van der Waals surface area contributed by atoms with Gasteiger partial charge in [0.25, 0.3) is 5.91 Å². The average molecular weight is 459 g/mol. The van der Waals surface area contributed by atoms with Gasteiger partial charge < -0.3 is 16.0 Å². The van der Waals surface area contributed by atoms with Gasteiger partial charge in [-0.3, -0.25) is 9.78 Å². The van der Waals surface area contributed by atoms with Crippen molar-refractivity contribution in [2.75, 3.05) is 10.6 Å². The van der Waals surface area contributed by atoms with Crippen molar-refractivity contribution in [3.63, 3.8) is 0 Å². The number of carbonyl (C=O) groups excluding carboxylic acids is 1. The predicted molar refractivity (Wildman–Crippen MR) is 136 cm³/mol. The van der Waals surface area contributed by atoms with Crippen molar-refractivity contribution in [1.82, 2.24) is 20.3 Å². The van der Waals surface area contributed by atoms with E-state index in [0.29, 0.717) is 23.2 Å². The van der Waals surface area contributed by atoms with Gasteiger partial charge in [-0.2, -0.15) is 0 Å². The van der Waals surface area contributed by atoms with Gasteiger partial charge in [-0.05, 0) is 68.6 Å². The maximum absolute atomic E-state index is 13.2. The summed E-state index contributed by atoms with van der Waals surface area (Å²) in [5.74, 6) is 2.89. The molecule has 5 rings (SSSR count). The molecule has 0 saturated heterocycles. The highest BCUT2D eigenvalue weighted by molar-refractivity contribution is 6.00. The number of nitrogens with zero attached hydrogens (tertiary/aromatic N) is 3. The van der Waals surface area contributed by atoms with Gasteiger partial charge in [0.05, 0.1) is 16.8 Å². The first kappa shape index (κ1) is 22.6. The van der Waals surface area contributed by atoms with Gasteiger partial charge >= 0.3 is 0 Å². The number of pyridine rings is 3. The standard InChI is InChI=1S/C27H34N6O/c1-3-17(2)18-4-7-21(8-5-18)31-27(34)22-16-29-26(14-24(22)30-20-9-10-20)33-25-11-6-19-15-28-13-12-23(19)32-25/h6,11-18,20-21H,3-5,7-10H2,1-2H3,(H,31,34)(H2,29,30,32,33). The molecule has 1 atom stereocenters. The molecular weight excluding hydrogens is 424 g/mol. The summed E-state index contributed by atoms with van der Waals surface area (Å²) in [5, 5.41) is 11.1. The Morgan fingerprint density at radius 3 is 2.59 bits per heavy atom. The van der Waals surface area contributed by atoms with E-state index >= 15 is 0 Å². The molecule has 1 amide bonds. The van der Waals surface area contributed by atoms with Crippen molar-refractivity contribution >= 4 is 34.1 Å². The van der Waals surface area contributed by atoms with Crippen LogP contribution in [0, 0.1) is 11.8 Å². The lowest BCUT2D eigenvalue weighted by molar-refractivity contribution is 0.0917. The van der Waals surface area contributed by atoms with Crippen LogP contribution in [0.4, 0.5) is 17.3 Å². The Kier molecular flexibility index (Phi) is 6.61. The molecule has 0 radical (unpaired) electrons. The number of anilines is 3. The molecule has 7 heteroatoms. The van der Waals surface area contributed by atoms with Crippen molar-refractivity contribution in [3.8, 4) is 0 Å². The quantitative estimate of drug-likeness (QED) is 0.402. The minimum atomic E-state index is -0.0366. The zero-order valence-electron chi connectivity index (χ0n) is 20.1. The summed E-state index contributed by atoms with van der Waals surface area (Å²) in [7, 11) is 0. The van der Waals surface area contributed by atoms with Crippen LogP contribution >= 0.6 is 0 Å². The van der Waals surface area contributed by atoms with E-state index in [9.17, 15) is 4.79 Å². The number of fused-ring (bicyclic) bond motifs is 1. The molecule has 0 aliphatic heterocycles. The first-order chi connectivity index (χ1) is 16.6. The SMILES string of the molecule is CCC(C)C1CCC(NC(=O)c2cnc(Nc3ccc4cnccc4n3)cc2NC2CC2)CC1. The third-order valence-corrected chi connectivity index (χ3v) is 7.39. The normalized spacial score (nSPS) is 21.1. The summed E-state index contributed by atoms with van der Waals surface area (Å²) in [6.07, 6.45) is 13.2. The maximum Gasteiger partial charge on any atom is 0.255 e. The highest BCUT2D eigenvalue weighted by atomic mass is 16.1. The van der Waals surface area contributed by atoms with Crippen LogP contribution in [0.1, 0.15) is 69.2 Å². The Morgan fingerprint density at radius 1 is 1.03 bits per heavy atom. The first-order valence-corrected chi connectivity index (χ1v) is 12.6. The Balaban J connectivity index is 1.28. The fourth-order valence-electron chi connectivity index (χ4n) is 4.87. The molecule has 3 N–H and O–H groups in total. The number of amides is 1. The van der Waals surface area contributed by atoms with Crippen molar-refractivity contribution in [2.24, 2.45) is 11.8 Å². The molecule has 3 aromatic rings. The number of nitrogens with one attached hydrogen (secondary N) is 3. The maximum atomic E-state index is 13.2. The topological polar surface area (TPSA) is 91.8 Å². The molecule has 1 unspecified atom stereocenters. The second-order valence-corrected chi connectivity index (χ2v) is 9.89. The molecule has 3 heterocycles. The third kappa shape index (κ3) is 5.29. The number of hydrogen-bond acceptors (Lipinski definition) is 6. The fourth-order valence-corrected chi connectivity index (χ4v) is 4.87. The molecule has 3 aromatic heterocycles. The van der Waals surface area contributed by atoms with E-state index in [2.05, 4.69) is 44.7 Å². The fraction of sp³-hybridized carbons (Fsp3) is 0.481. The average Bonchev–Trinajstić information content (AvgIpc) is 3.68. The molecule has 2 aliphatic rings. The first-order valence-electron chi connectivity index (χ1n) is 12.6. The molecule has 178 valence electrons. The molecule has 0 bridgehead atoms. The monoisotopic (exact) mass is 458 g/mol. The molecule has 7 nitrogen and oxygen atoms in total. The van der Waals surface area contributed by atoms with E-state index in [1.165, 1.54) is 19.3 Å². The number of aromatic nitrogens is 3. The summed E-state index contributed by atoms with van der Waals surface area (Å²) in [4.78, 5) is 26.5. The zero-order chi connectivity index (χ0) is 23.5. The smallest absolute Gasteiger partial charge is 0.255 e. The summed E-state index contributed by atoms with van der Waals surface area (Å²) in [6.45, 7) is 4.62. The van der Waals surface area contributed by atoms with Crippen LogP contribution < -0.4 is 16.0 Å². The van der Waals surface area contributed by atoms with Crippen LogP contribution in [-0.2, 0) is 0 Å². The number of rotatable bonds is 8. The van der Waals surface area contributed by atoms with Gasteiger partial charge in [0.1, 0.15) is 11.6 Å². The van der Waals surface area contributed by atoms with Crippen molar-refractivity contribution in [1.29, 1.82) is 0 Å². The van der Waals surface area contributed by atoms with Crippen molar-refractivity contribution in [3.05, 3.63) is 48.4 Å². The van der Waals surface area contributed by atoms with Gasteiger partial charge in [0, 0.05) is 42.1 Å². The minimum absolute atomic E-state index is 0.0366. The second kappa shape index (κ2) is 9.95. The zero-order valence-corrected chi connectivity index (χ0v) is 20.1. The second-order valence-electron chi connectivity index (χ2n) is 9.89. The Labute approximate surface area is 201 Å². The van der Waals surface area contributed by atoms with E-state index in [1.807, 2.05) is 24.3 Å². The van der Waals surface area contributed by atoms with Gasteiger partial charge in [0.15, 0.2) is 0 Å². The summed E-state index contributed by atoms with van der Waals surface area (Å²) in [5.41, 5.74) is 2.31. The lowest BCUT2D eigenvalue weighted by Crippen LogP contribution is -2.38. The third-order valence-electron chi connectivity index (χ3n) is 7.39. The lowest BCUT2D eigenvalue weighted by atomic mass is 9.78. The van der Waals surface area contributed by atoms with Gasteiger partial charge in [-0.1, -0.05) is 20.3 Å². The highest BCUT2D eigenvalue weighted by Gasteiger charge is 2.27. The van der Waals surface area contributed by atoms with Crippen LogP contribution in [0.25, 0.3) is 10.9 Å². The van der Waals surface area contributed by atoms with E-state index in [0.717, 1.165) is 54.1 Å². The molecule has 2 saturated carbocycles. The van der Waals surface area contributed by atoms with Gasteiger partial charge in [-0.15, -0.1) is 0 Å². The van der Waals surface area contributed by atoms with E-state index in [4.69, 9.17) is 0 Å². The summed E-state index contributed by atoms with van der Waals surface area (Å²) < 4.78 is 0. The summed E-state index contributed by atoms with van der Waals surface area (Å²) in [6, 6.07) is 8.38. The number of carbonyl (C=O) groups is 1. The molecule has 34 heavy (non-hydrogen) atoms. The predicted octanol–water partition coefficient (Wildman–Crippen LogP) is 5.68. The van der Waals surface area contributed by atoms with E-state index in [1.54, 1.807) is 18.6 Å². The molecular formula is C27H34N6O. The largest absolute Gasteiger partial charge is 0.382 e. The van der Waals surface area contributed by atoms with Crippen LogP contribution in [0.15, 0.2) is 42.9 Å². The van der Waals surface area contributed by atoms with E-state index in [-0.39, 0.29) is 11.9 Å². The van der Waals surface area contributed by atoms with Crippen LogP contribution in [-0.4, -0.2) is 32.9 Å². The van der Waals surface area contributed by atoms with Gasteiger partial charge in [-0.25, -0.2) is 9.97 Å². The lowest BCUT2D eigenvalue weighted by Gasteiger charge is -2.32. The number of hydrogen-bond donors (Lipinski definition) is 3. The van der Waals surface area contributed by atoms with Crippen molar-refractivity contribution < 1.29 is 4.79 Å². The van der Waals surface area contributed by atoms with Crippen molar-refractivity contribution in [2.45, 2.75) is 70.9 Å². The Morgan fingerprint density at radius 2 is 1.82 bits per heavy atom. The molecule has 2 fully saturated rings. The van der Waals surface area contributed by atoms with Crippen LogP contribution in [0.2, 0.25) is 0 Å². The van der Waals surface area contributed by atoms with Gasteiger partial charge in [0.2, 0.25) is 0 Å².